The van der Waals surface area contributed by atoms with E-state index >= 15 is 0 Å². The van der Waals surface area contributed by atoms with E-state index in [9.17, 15) is 18.0 Å². The van der Waals surface area contributed by atoms with Crippen LogP contribution in [0, 0.1) is 17.8 Å². The van der Waals surface area contributed by atoms with Crippen LogP contribution in [0.5, 0.6) is 5.88 Å². The summed E-state index contributed by atoms with van der Waals surface area (Å²) < 4.78 is 49.3. The summed E-state index contributed by atoms with van der Waals surface area (Å²) in [5.41, 5.74) is 2.52. The number of ether oxygens (including phenoxy) is 2. The summed E-state index contributed by atoms with van der Waals surface area (Å²) in [6.45, 7) is 2.48. The summed E-state index contributed by atoms with van der Waals surface area (Å²) in [7, 11) is 0. The molecule has 1 unspecified atom stereocenters. The second-order valence-corrected chi connectivity index (χ2v) is 8.52. The van der Waals surface area contributed by atoms with Gasteiger partial charge in [0.15, 0.2) is 0 Å². The van der Waals surface area contributed by atoms with E-state index in [2.05, 4.69) is 15.2 Å². The summed E-state index contributed by atoms with van der Waals surface area (Å²) in [6.07, 6.45) is 1.23. The molecule has 2 atom stereocenters. The van der Waals surface area contributed by atoms with Crippen LogP contribution in [-0.2, 0) is 9.53 Å². The van der Waals surface area contributed by atoms with Gasteiger partial charge >= 0.3 is 12.1 Å². The molecule has 2 saturated carbocycles. The molecular weight excluding hydrogens is 423 g/mol. The molecule has 0 spiro atoms. The first-order chi connectivity index (χ1) is 15.3. The highest BCUT2D eigenvalue weighted by Crippen LogP contribution is 2.48. The van der Waals surface area contributed by atoms with Gasteiger partial charge in [0, 0.05) is 29.4 Å². The molecule has 2 fully saturated rings. The quantitative estimate of drug-likeness (QED) is 0.557. The molecule has 0 bridgehead atoms. The minimum Gasteiger partial charge on any atom is -0.476 e. The van der Waals surface area contributed by atoms with Crippen LogP contribution in [0.3, 0.4) is 0 Å². The number of carbonyl (C=O) groups excluding carboxylic acids is 1. The number of hydrogen-bond donors (Lipinski definition) is 0. The van der Waals surface area contributed by atoms with Gasteiger partial charge in [0.1, 0.15) is 0 Å². The highest BCUT2D eigenvalue weighted by molar-refractivity contribution is 5.77. The van der Waals surface area contributed by atoms with E-state index in [-0.39, 0.29) is 36.6 Å². The van der Waals surface area contributed by atoms with E-state index < -0.39 is 12.1 Å². The molecule has 0 aliphatic heterocycles. The molecule has 0 saturated heterocycles. The number of halogens is 3. The maximum atomic E-state index is 12.8. The molecule has 172 valence electrons. The predicted molar refractivity (Wildman–Crippen MR) is 110 cm³/mol. The van der Waals surface area contributed by atoms with E-state index in [4.69, 9.17) is 9.47 Å². The highest BCUT2D eigenvalue weighted by atomic mass is 19.4. The molecule has 9 heteroatoms. The van der Waals surface area contributed by atoms with Gasteiger partial charge in [0.2, 0.25) is 5.88 Å². The molecule has 4 rings (SSSR count). The van der Waals surface area contributed by atoms with Crippen molar-refractivity contribution in [2.45, 2.75) is 51.1 Å². The number of carbonyl (C=O) groups is 1. The Morgan fingerprint density at radius 2 is 1.94 bits per heavy atom. The van der Waals surface area contributed by atoms with Crippen LogP contribution in [0.15, 0.2) is 30.6 Å². The lowest BCUT2D eigenvalue weighted by molar-refractivity contribution is -0.184. The average Bonchev–Trinajstić information content (AvgIpc) is 3.59. The number of nitrogens with zero attached hydrogens (tertiary/aromatic N) is 3. The third-order valence-corrected chi connectivity index (χ3v) is 6.28. The van der Waals surface area contributed by atoms with Gasteiger partial charge in [-0.15, -0.1) is 5.10 Å². The third-order valence-electron chi connectivity index (χ3n) is 6.28. The summed E-state index contributed by atoms with van der Waals surface area (Å²) >= 11 is 0. The van der Waals surface area contributed by atoms with Crippen molar-refractivity contribution < 1.29 is 27.4 Å². The predicted octanol–water partition coefficient (Wildman–Crippen LogP) is 4.95. The smallest absolute Gasteiger partial charge is 0.391 e. The van der Waals surface area contributed by atoms with Gasteiger partial charge in [-0.05, 0) is 62.6 Å². The van der Waals surface area contributed by atoms with Gasteiger partial charge in [-0.3, -0.25) is 9.78 Å². The Bertz CT molecular complexity index is 945. The van der Waals surface area contributed by atoms with Gasteiger partial charge in [-0.2, -0.15) is 18.3 Å². The van der Waals surface area contributed by atoms with Crippen molar-refractivity contribution in [1.82, 2.24) is 15.2 Å². The Morgan fingerprint density at radius 3 is 2.66 bits per heavy atom. The Balaban J connectivity index is 1.35. The van der Waals surface area contributed by atoms with E-state index in [0.717, 1.165) is 23.2 Å². The standard InChI is InChI=1S/C23H26F3N3O3/c1-2-31-22(30)19-11-18(19)20-9-15(7-8-27-20)16-10-21(29-28-12-16)32-13-14-3-5-17(6-4-14)23(24,25)26/h7-10,12,14,17-19H,2-6,11,13H2,1H3/t14-,17-,18?,19-/m1/s1. The zero-order valence-electron chi connectivity index (χ0n) is 17.8. The van der Waals surface area contributed by atoms with Crippen LogP contribution in [0.2, 0.25) is 0 Å². The van der Waals surface area contributed by atoms with Crippen LogP contribution in [0.1, 0.15) is 50.6 Å². The molecule has 2 aromatic rings. The van der Waals surface area contributed by atoms with Crippen LogP contribution < -0.4 is 4.74 Å². The normalized spacial score (nSPS) is 25.2. The fraction of sp³-hybridized carbons (Fsp3) is 0.565. The molecule has 2 aromatic heterocycles. The van der Waals surface area contributed by atoms with Gasteiger partial charge in [-0.1, -0.05) is 0 Å². The van der Waals surface area contributed by atoms with Gasteiger partial charge < -0.3 is 9.47 Å². The number of alkyl halides is 3. The van der Waals surface area contributed by atoms with E-state index in [1.807, 2.05) is 12.1 Å². The molecule has 0 radical (unpaired) electrons. The lowest BCUT2D eigenvalue weighted by atomic mass is 9.82. The van der Waals surface area contributed by atoms with E-state index in [1.165, 1.54) is 0 Å². The number of pyridine rings is 1. The fourth-order valence-electron chi connectivity index (χ4n) is 4.30. The van der Waals surface area contributed by atoms with Gasteiger partial charge in [0.05, 0.1) is 31.2 Å². The summed E-state index contributed by atoms with van der Waals surface area (Å²) in [5.74, 6) is -1.03. The molecule has 32 heavy (non-hydrogen) atoms. The number of rotatable bonds is 7. The fourth-order valence-corrected chi connectivity index (χ4v) is 4.30. The topological polar surface area (TPSA) is 74.2 Å². The second-order valence-electron chi connectivity index (χ2n) is 8.52. The van der Waals surface area contributed by atoms with E-state index in [1.54, 1.807) is 25.4 Å². The van der Waals surface area contributed by atoms with Crippen LogP contribution in [-0.4, -0.2) is 40.5 Å². The Kier molecular flexibility index (Phi) is 6.62. The second kappa shape index (κ2) is 9.42. The zero-order valence-corrected chi connectivity index (χ0v) is 17.8. The van der Waals surface area contributed by atoms with Crippen LogP contribution in [0.4, 0.5) is 13.2 Å². The zero-order chi connectivity index (χ0) is 22.7. The minimum absolute atomic E-state index is 0.0614. The summed E-state index contributed by atoms with van der Waals surface area (Å²) in [6, 6.07) is 5.55. The van der Waals surface area contributed by atoms with Crippen molar-refractivity contribution in [3.05, 3.63) is 36.3 Å². The first kappa shape index (κ1) is 22.5. The lowest BCUT2D eigenvalue weighted by Gasteiger charge is -2.29. The molecule has 0 N–H and O–H groups in total. The van der Waals surface area contributed by atoms with Crippen LogP contribution in [0.25, 0.3) is 11.1 Å². The van der Waals surface area contributed by atoms with Crippen molar-refractivity contribution >= 4 is 5.97 Å². The van der Waals surface area contributed by atoms with Crippen molar-refractivity contribution in [1.29, 1.82) is 0 Å². The summed E-state index contributed by atoms with van der Waals surface area (Å²) in [4.78, 5) is 16.3. The van der Waals surface area contributed by atoms with Crippen molar-refractivity contribution in [2.24, 2.45) is 17.8 Å². The van der Waals surface area contributed by atoms with Gasteiger partial charge in [-0.25, -0.2) is 0 Å². The van der Waals surface area contributed by atoms with Crippen molar-refractivity contribution in [3.8, 4) is 17.0 Å². The first-order valence-corrected chi connectivity index (χ1v) is 11.0. The molecule has 2 aliphatic carbocycles. The molecule has 6 nitrogen and oxygen atoms in total. The molecule has 0 amide bonds. The molecule has 2 aliphatic rings. The number of esters is 1. The van der Waals surface area contributed by atoms with Crippen LogP contribution >= 0.6 is 0 Å². The Hall–Kier alpha value is -2.71. The number of hydrogen-bond acceptors (Lipinski definition) is 6. The highest BCUT2D eigenvalue weighted by Gasteiger charge is 2.46. The Morgan fingerprint density at radius 1 is 1.16 bits per heavy atom. The molecular formula is C23H26F3N3O3. The summed E-state index contributed by atoms with van der Waals surface area (Å²) in [5, 5.41) is 8.01. The van der Waals surface area contributed by atoms with Gasteiger partial charge in [0.25, 0.3) is 0 Å². The average molecular weight is 449 g/mol. The number of aromatic nitrogens is 3. The minimum atomic E-state index is -4.11. The first-order valence-electron chi connectivity index (χ1n) is 11.0. The van der Waals surface area contributed by atoms with Crippen molar-refractivity contribution in [2.75, 3.05) is 13.2 Å². The monoisotopic (exact) mass is 449 g/mol. The third kappa shape index (κ3) is 5.37. The lowest BCUT2D eigenvalue weighted by Crippen LogP contribution is -2.29. The Labute approximate surface area is 184 Å². The largest absolute Gasteiger partial charge is 0.476 e. The maximum absolute atomic E-state index is 12.8. The van der Waals surface area contributed by atoms with E-state index in [0.29, 0.717) is 31.9 Å². The SMILES string of the molecule is CCOC(=O)[C@@H]1CC1c1cc(-c2cnnc(OC[C@H]3CC[C@H](C(F)(F)F)CC3)c2)ccn1. The molecule has 2 heterocycles. The molecule has 0 aromatic carbocycles. The maximum Gasteiger partial charge on any atom is 0.391 e. The van der Waals surface area contributed by atoms with Crippen molar-refractivity contribution in [3.63, 3.8) is 0 Å².